The molecule has 2 heterocycles. The Kier molecular flexibility index (Phi) is 3.28. The van der Waals surface area contributed by atoms with E-state index < -0.39 is 5.41 Å². The Morgan fingerprint density at radius 2 is 1.95 bits per heavy atom. The van der Waals surface area contributed by atoms with Crippen LogP contribution in [-0.4, -0.2) is 20.7 Å². The van der Waals surface area contributed by atoms with Crippen LogP contribution >= 0.6 is 0 Å². The number of nitrogens with zero attached hydrogens (tertiary/aromatic N) is 2. The van der Waals surface area contributed by atoms with Gasteiger partial charge in [-0.3, -0.25) is 4.79 Å². The zero-order valence-electron chi connectivity index (χ0n) is 12.6. The summed E-state index contributed by atoms with van der Waals surface area (Å²) in [6.07, 6.45) is 3.12. The van der Waals surface area contributed by atoms with Crippen molar-refractivity contribution in [3.63, 3.8) is 0 Å². The number of nitrogens with one attached hydrogen (secondary N) is 1. The summed E-state index contributed by atoms with van der Waals surface area (Å²) >= 11 is 0. The lowest BCUT2D eigenvalue weighted by atomic mass is 9.87. The fourth-order valence-corrected chi connectivity index (χ4v) is 2.27. The third kappa shape index (κ3) is 2.39. The van der Waals surface area contributed by atoms with E-state index >= 15 is 0 Å². The van der Waals surface area contributed by atoms with E-state index in [0.717, 1.165) is 0 Å². The van der Waals surface area contributed by atoms with E-state index in [9.17, 15) is 9.18 Å². The lowest BCUT2D eigenvalue weighted by Crippen LogP contribution is -2.20. The molecule has 0 saturated heterocycles. The zero-order valence-corrected chi connectivity index (χ0v) is 12.6. The first-order valence-electron chi connectivity index (χ1n) is 7.02. The normalized spacial score (nSPS) is 11.8. The highest BCUT2D eigenvalue weighted by atomic mass is 19.1. The van der Waals surface area contributed by atoms with Crippen molar-refractivity contribution in [1.82, 2.24) is 15.0 Å². The number of aromatic amines is 1. The van der Waals surface area contributed by atoms with Crippen LogP contribution in [0.2, 0.25) is 0 Å². The number of aromatic nitrogens is 3. The number of Topliss-reactive ketones (excluding diaryl/α,β-unsaturated/α-hetero) is 1. The topological polar surface area (TPSA) is 58.6 Å². The van der Waals surface area contributed by atoms with Gasteiger partial charge < -0.3 is 4.98 Å². The summed E-state index contributed by atoms with van der Waals surface area (Å²) in [4.78, 5) is 24.1. The average Bonchev–Trinajstić information content (AvgIpc) is 2.88. The average molecular weight is 297 g/mol. The molecule has 0 radical (unpaired) electrons. The summed E-state index contributed by atoms with van der Waals surface area (Å²) < 4.78 is 13.9. The highest BCUT2D eigenvalue weighted by Crippen LogP contribution is 2.27. The molecule has 0 aliphatic rings. The van der Waals surface area contributed by atoms with Crippen LogP contribution < -0.4 is 0 Å². The number of carbonyl (C=O) groups excluding carboxylic acids is 1. The van der Waals surface area contributed by atoms with Crippen LogP contribution in [0.5, 0.6) is 0 Å². The number of hydrogen-bond acceptors (Lipinski definition) is 3. The summed E-state index contributed by atoms with van der Waals surface area (Å²) in [5.74, 6) is -0.394. The van der Waals surface area contributed by atoms with Crippen LogP contribution in [0.1, 0.15) is 31.1 Å². The number of carbonyl (C=O) groups is 1. The van der Waals surface area contributed by atoms with Crippen molar-refractivity contribution < 1.29 is 9.18 Å². The predicted octanol–water partition coefficient (Wildman–Crippen LogP) is 3.99. The van der Waals surface area contributed by atoms with Crippen molar-refractivity contribution in [2.45, 2.75) is 20.8 Å². The fraction of sp³-hybridized carbons (Fsp3) is 0.235. The second-order valence-electron chi connectivity index (χ2n) is 6.21. The lowest BCUT2D eigenvalue weighted by molar-refractivity contribution is 0.0860. The molecule has 0 atom stereocenters. The van der Waals surface area contributed by atoms with Gasteiger partial charge in [0.15, 0.2) is 11.4 Å². The molecule has 0 saturated carbocycles. The Bertz CT molecular complexity index is 862. The quantitative estimate of drug-likeness (QED) is 0.727. The molecular formula is C17H16FN3O. The number of ketones is 1. The highest BCUT2D eigenvalue weighted by Gasteiger charge is 2.26. The van der Waals surface area contributed by atoms with Gasteiger partial charge in [-0.25, -0.2) is 14.4 Å². The van der Waals surface area contributed by atoms with Crippen LogP contribution in [0, 0.1) is 11.2 Å². The van der Waals surface area contributed by atoms with E-state index in [1.165, 1.54) is 12.3 Å². The summed E-state index contributed by atoms with van der Waals surface area (Å²) in [6, 6.07) is 6.38. The Labute approximate surface area is 127 Å². The molecule has 0 amide bonds. The molecule has 1 aromatic carbocycles. The van der Waals surface area contributed by atoms with Crippen molar-refractivity contribution in [3.8, 4) is 11.3 Å². The van der Waals surface area contributed by atoms with E-state index in [4.69, 9.17) is 0 Å². The number of hydrogen-bond donors (Lipinski definition) is 1. The Balaban J connectivity index is 2.18. The zero-order chi connectivity index (χ0) is 15.9. The van der Waals surface area contributed by atoms with E-state index in [1.807, 2.05) is 20.8 Å². The van der Waals surface area contributed by atoms with Crippen LogP contribution in [0.25, 0.3) is 22.4 Å². The second kappa shape index (κ2) is 5.02. The molecular weight excluding hydrogens is 281 g/mol. The maximum absolute atomic E-state index is 13.9. The molecule has 0 unspecified atom stereocenters. The smallest absolute Gasteiger partial charge is 0.171 e. The van der Waals surface area contributed by atoms with Crippen molar-refractivity contribution in [3.05, 3.63) is 48.0 Å². The van der Waals surface area contributed by atoms with Gasteiger partial charge in [-0.05, 0) is 12.1 Å². The Hall–Kier alpha value is -2.56. The summed E-state index contributed by atoms with van der Waals surface area (Å²) in [5.41, 5.74) is 1.73. The largest absolute Gasteiger partial charge is 0.344 e. The van der Waals surface area contributed by atoms with Crippen LogP contribution in [-0.2, 0) is 0 Å². The third-order valence-electron chi connectivity index (χ3n) is 3.46. The molecule has 5 heteroatoms. The Morgan fingerprint density at radius 3 is 2.64 bits per heavy atom. The van der Waals surface area contributed by atoms with Gasteiger partial charge in [0.05, 0.1) is 17.5 Å². The molecule has 0 aliphatic carbocycles. The number of H-pyrrole nitrogens is 1. The minimum atomic E-state index is -0.523. The third-order valence-corrected chi connectivity index (χ3v) is 3.46. The maximum Gasteiger partial charge on any atom is 0.171 e. The van der Waals surface area contributed by atoms with Crippen LogP contribution in [0.15, 0.2) is 36.7 Å². The lowest BCUT2D eigenvalue weighted by Gasteiger charge is -2.15. The first kappa shape index (κ1) is 14.4. The van der Waals surface area contributed by atoms with Crippen molar-refractivity contribution >= 4 is 16.9 Å². The fourth-order valence-electron chi connectivity index (χ4n) is 2.27. The monoisotopic (exact) mass is 297 g/mol. The van der Waals surface area contributed by atoms with E-state index in [-0.39, 0.29) is 11.6 Å². The molecule has 112 valence electrons. The van der Waals surface area contributed by atoms with Crippen molar-refractivity contribution in [2.75, 3.05) is 0 Å². The van der Waals surface area contributed by atoms with Gasteiger partial charge in [0.2, 0.25) is 0 Å². The molecule has 22 heavy (non-hydrogen) atoms. The summed E-state index contributed by atoms with van der Waals surface area (Å²) in [7, 11) is 0. The van der Waals surface area contributed by atoms with E-state index in [2.05, 4.69) is 15.0 Å². The second-order valence-corrected chi connectivity index (χ2v) is 6.21. The first-order valence-corrected chi connectivity index (χ1v) is 7.02. The molecule has 2 aromatic heterocycles. The summed E-state index contributed by atoms with van der Waals surface area (Å²) in [5, 5.41) is 0. The van der Waals surface area contributed by atoms with Crippen LogP contribution in [0.4, 0.5) is 4.39 Å². The maximum atomic E-state index is 13.9. The van der Waals surface area contributed by atoms with Crippen molar-refractivity contribution in [1.29, 1.82) is 0 Å². The van der Waals surface area contributed by atoms with Gasteiger partial charge in [0.1, 0.15) is 11.3 Å². The van der Waals surface area contributed by atoms with Crippen molar-refractivity contribution in [2.24, 2.45) is 5.41 Å². The minimum Gasteiger partial charge on any atom is -0.344 e. The van der Waals surface area contributed by atoms with E-state index in [0.29, 0.717) is 28.0 Å². The molecule has 0 spiro atoms. The van der Waals surface area contributed by atoms with Crippen LogP contribution in [0.3, 0.4) is 0 Å². The number of fused-ring (bicyclic) bond motifs is 1. The molecule has 1 N–H and O–H groups in total. The number of rotatable bonds is 2. The Morgan fingerprint density at radius 1 is 1.23 bits per heavy atom. The molecule has 4 nitrogen and oxygen atoms in total. The van der Waals surface area contributed by atoms with Gasteiger partial charge in [-0.15, -0.1) is 0 Å². The molecule has 0 aliphatic heterocycles. The van der Waals surface area contributed by atoms with Gasteiger partial charge in [0, 0.05) is 17.2 Å². The number of benzene rings is 1. The highest BCUT2D eigenvalue weighted by molar-refractivity contribution is 6.08. The minimum absolute atomic E-state index is 0.0290. The van der Waals surface area contributed by atoms with Gasteiger partial charge in [0.25, 0.3) is 0 Å². The first-order chi connectivity index (χ1) is 10.4. The van der Waals surface area contributed by atoms with E-state index in [1.54, 1.807) is 24.4 Å². The predicted molar refractivity (Wildman–Crippen MR) is 83.1 cm³/mol. The number of halogens is 1. The van der Waals surface area contributed by atoms with Gasteiger partial charge >= 0.3 is 0 Å². The van der Waals surface area contributed by atoms with Gasteiger partial charge in [-0.1, -0.05) is 32.9 Å². The standard InChI is InChI=1S/C17H16FN3O/c1-17(2,3)15(22)11-8-19-16-14(11)21-13(9-20-16)10-6-4-5-7-12(10)18/h4-9H,1-3H3,(H,19,20). The molecule has 3 rings (SSSR count). The molecule has 3 aromatic rings. The molecule has 0 bridgehead atoms. The summed E-state index contributed by atoms with van der Waals surface area (Å²) in [6.45, 7) is 5.55. The SMILES string of the molecule is CC(C)(C)C(=O)c1c[nH]c2ncc(-c3ccccc3F)nc12. The molecule has 0 fully saturated rings. The van der Waals surface area contributed by atoms with Gasteiger partial charge in [-0.2, -0.15) is 0 Å².